The van der Waals surface area contributed by atoms with Gasteiger partial charge in [0.2, 0.25) is 5.75 Å². The topological polar surface area (TPSA) is 106 Å². The van der Waals surface area contributed by atoms with Gasteiger partial charge in [0.1, 0.15) is 11.5 Å². The first-order valence-corrected chi connectivity index (χ1v) is 11.3. The Morgan fingerprint density at radius 1 is 1.03 bits per heavy atom. The van der Waals surface area contributed by atoms with Crippen LogP contribution < -0.4 is 14.2 Å². The molecule has 1 saturated heterocycles. The molecule has 1 amide bonds. The number of phenolic OH excluding ortho intramolecular Hbond substituents is 1. The predicted octanol–water partition coefficient (Wildman–Crippen LogP) is 4.52. The van der Waals surface area contributed by atoms with Crippen molar-refractivity contribution < 1.29 is 28.5 Å². The van der Waals surface area contributed by atoms with Crippen LogP contribution in [0.15, 0.2) is 74.3 Å². The van der Waals surface area contributed by atoms with E-state index in [2.05, 4.69) is 10.2 Å². The van der Waals surface area contributed by atoms with Gasteiger partial charge in [0.05, 0.1) is 45.3 Å². The van der Waals surface area contributed by atoms with E-state index < -0.39 is 0 Å². The number of carbonyl (C=O) groups excluding carboxylic acids is 1. The molecule has 0 unspecified atom stereocenters. The molecule has 0 aliphatic carbocycles. The number of hydrogen-bond donors (Lipinski definition) is 1. The highest BCUT2D eigenvalue weighted by Crippen LogP contribution is 2.39. The molecule has 10 heteroatoms. The Labute approximate surface area is 206 Å². The first kappa shape index (κ1) is 24.0. The standard InChI is InChI=1S/C25H23N3O6S/c1-31-19-9-5-4-7-17(19)14-26-27-25-28(15-18-8-6-10-34-18)24(30)22(35-25)13-16-11-20(32-2)23(29)21(12-16)33-3/h4-14,29H,15H2,1-3H3/b22-13-,26-14+,27-25-. The zero-order chi connectivity index (χ0) is 24.8. The summed E-state index contributed by atoms with van der Waals surface area (Å²) in [5.41, 5.74) is 1.37. The molecule has 9 nitrogen and oxygen atoms in total. The number of nitrogens with zero attached hydrogens (tertiary/aromatic N) is 3. The number of thioether (sulfide) groups is 1. The molecule has 1 fully saturated rings. The number of methoxy groups -OCH3 is 3. The molecule has 1 aliphatic rings. The SMILES string of the molecule is COc1ccccc1/C=N/N=C1\S/C(=C\c2cc(OC)c(O)c(OC)c2)C(=O)N1Cc1ccco1. The molecule has 1 aromatic heterocycles. The molecular weight excluding hydrogens is 470 g/mol. The second-order valence-corrected chi connectivity index (χ2v) is 8.23. The van der Waals surface area contributed by atoms with Gasteiger partial charge in [-0.05, 0) is 59.8 Å². The minimum atomic E-state index is -0.261. The van der Waals surface area contributed by atoms with E-state index in [4.69, 9.17) is 18.6 Å². The summed E-state index contributed by atoms with van der Waals surface area (Å²) in [5, 5.41) is 19.1. The van der Waals surface area contributed by atoms with Crippen LogP contribution in [0.2, 0.25) is 0 Å². The zero-order valence-corrected chi connectivity index (χ0v) is 20.1. The largest absolute Gasteiger partial charge is 0.502 e. The molecular formula is C25H23N3O6S. The van der Waals surface area contributed by atoms with Gasteiger partial charge in [-0.3, -0.25) is 9.69 Å². The van der Waals surface area contributed by atoms with Crippen LogP contribution in [0.1, 0.15) is 16.9 Å². The molecule has 0 saturated carbocycles. The van der Waals surface area contributed by atoms with E-state index in [1.54, 1.807) is 49.9 Å². The molecule has 1 N–H and O–H groups in total. The summed E-state index contributed by atoms with van der Waals surface area (Å²) in [6, 6.07) is 14.2. The molecule has 2 heterocycles. The van der Waals surface area contributed by atoms with Gasteiger partial charge in [-0.2, -0.15) is 5.10 Å². The molecule has 2 aromatic carbocycles. The fourth-order valence-corrected chi connectivity index (χ4v) is 4.28. The van der Waals surface area contributed by atoms with Crippen molar-refractivity contribution in [3.05, 3.63) is 76.6 Å². The molecule has 3 aromatic rings. The molecule has 4 rings (SSSR count). The summed E-state index contributed by atoms with van der Waals surface area (Å²) >= 11 is 1.18. The summed E-state index contributed by atoms with van der Waals surface area (Å²) in [5.74, 6) is 1.35. The minimum absolute atomic E-state index is 0.116. The third kappa shape index (κ3) is 5.33. The summed E-state index contributed by atoms with van der Waals surface area (Å²) in [6.45, 7) is 0.196. The number of benzene rings is 2. The minimum Gasteiger partial charge on any atom is -0.502 e. The lowest BCUT2D eigenvalue weighted by Gasteiger charge is -2.12. The van der Waals surface area contributed by atoms with Crippen LogP contribution in [0.5, 0.6) is 23.0 Å². The Bertz CT molecular complexity index is 1280. The van der Waals surface area contributed by atoms with E-state index in [0.29, 0.717) is 27.1 Å². The Morgan fingerprint density at radius 3 is 2.40 bits per heavy atom. The maximum atomic E-state index is 13.3. The third-order valence-electron chi connectivity index (χ3n) is 5.06. The van der Waals surface area contributed by atoms with Crippen molar-refractivity contribution in [2.24, 2.45) is 10.2 Å². The highest BCUT2D eigenvalue weighted by atomic mass is 32.2. The predicted molar refractivity (Wildman–Crippen MR) is 134 cm³/mol. The number of amidine groups is 1. The molecule has 0 radical (unpaired) electrons. The zero-order valence-electron chi connectivity index (χ0n) is 19.3. The lowest BCUT2D eigenvalue weighted by Crippen LogP contribution is -2.28. The van der Waals surface area contributed by atoms with Crippen LogP contribution in [0.25, 0.3) is 6.08 Å². The number of furan rings is 1. The smallest absolute Gasteiger partial charge is 0.267 e. The van der Waals surface area contributed by atoms with E-state index in [9.17, 15) is 9.90 Å². The monoisotopic (exact) mass is 493 g/mol. The Morgan fingerprint density at radius 2 is 1.74 bits per heavy atom. The number of ether oxygens (including phenoxy) is 3. The molecule has 1 aliphatic heterocycles. The van der Waals surface area contributed by atoms with E-state index in [-0.39, 0.29) is 29.7 Å². The number of rotatable bonds is 8. The lowest BCUT2D eigenvalue weighted by atomic mass is 10.1. The number of aromatic hydroxyl groups is 1. The highest BCUT2D eigenvalue weighted by Gasteiger charge is 2.34. The molecule has 0 spiro atoms. The number of carbonyl (C=O) groups is 1. The summed E-state index contributed by atoms with van der Waals surface area (Å²) < 4.78 is 21.2. The third-order valence-corrected chi connectivity index (χ3v) is 6.06. The molecule has 0 bridgehead atoms. The number of hydrogen-bond acceptors (Lipinski definition) is 9. The van der Waals surface area contributed by atoms with Crippen LogP contribution in [0, 0.1) is 0 Å². The van der Waals surface area contributed by atoms with E-state index >= 15 is 0 Å². The quantitative estimate of drug-likeness (QED) is 0.279. The van der Waals surface area contributed by atoms with Crippen molar-refractivity contribution in [3.8, 4) is 23.0 Å². The van der Waals surface area contributed by atoms with Crippen molar-refractivity contribution in [2.45, 2.75) is 6.54 Å². The molecule has 35 heavy (non-hydrogen) atoms. The number of amides is 1. The summed E-state index contributed by atoms with van der Waals surface area (Å²) in [4.78, 5) is 15.2. The average Bonchev–Trinajstić information content (AvgIpc) is 3.49. The van der Waals surface area contributed by atoms with Gasteiger partial charge >= 0.3 is 0 Å². The first-order chi connectivity index (χ1) is 17.0. The van der Waals surface area contributed by atoms with Crippen molar-refractivity contribution in [3.63, 3.8) is 0 Å². The normalized spacial score (nSPS) is 16.0. The fourth-order valence-electron chi connectivity index (χ4n) is 3.34. The second-order valence-electron chi connectivity index (χ2n) is 7.22. The van der Waals surface area contributed by atoms with Gasteiger partial charge in [0, 0.05) is 5.56 Å². The molecule has 180 valence electrons. The van der Waals surface area contributed by atoms with Gasteiger partial charge in [0.25, 0.3) is 5.91 Å². The van der Waals surface area contributed by atoms with Crippen molar-refractivity contribution in [1.29, 1.82) is 0 Å². The van der Waals surface area contributed by atoms with Crippen LogP contribution in [0.4, 0.5) is 0 Å². The fraction of sp³-hybridized carbons (Fsp3) is 0.160. The van der Waals surface area contributed by atoms with Crippen LogP contribution in [-0.4, -0.2) is 48.6 Å². The van der Waals surface area contributed by atoms with Crippen molar-refractivity contribution in [2.75, 3.05) is 21.3 Å². The van der Waals surface area contributed by atoms with Crippen LogP contribution in [0.3, 0.4) is 0 Å². The highest BCUT2D eigenvalue weighted by molar-refractivity contribution is 8.18. The van der Waals surface area contributed by atoms with Gasteiger partial charge in [-0.25, -0.2) is 0 Å². The average molecular weight is 494 g/mol. The maximum Gasteiger partial charge on any atom is 0.267 e. The van der Waals surface area contributed by atoms with Gasteiger partial charge in [-0.1, -0.05) is 12.1 Å². The Hall–Kier alpha value is -4.18. The maximum absolute atomic E-state index is 13.3. The summed E-state index contributed by atoms with van der Waals surface area (Å²) in [7, 11) is 4.46. The molecule has 0 atom stereocenters. The van der Waals surface area contributed by atoms with Gasteiger partial charge < -0.3 is 23.7 Å². The van der Waals surface area contributed by atoms with E-state index in [0.717, 1.165) is 5.56 Å². The van der Waals surface area contributed by atoms with E-state index in [1.165, 1.54) is 30.9 Å². The van der Waals surface area contributed by atoms with Gasteiger partial charge in [-0.15, -0.1) is 5.10 Å². The Kier molecular flexibility index (Phi) is 7.41. The Balaban J connectivity index is 1.67. The van der Waals surface area contributed by atoms with E-state index in [1.807, 2.05) is 24.3 Å². The number of para-hydroxylation sites is 1. The van der Waals surface area contributed by atoms with Crippen molar-refractivity contribution in [1.82, 2.24) is 4.90 Å². The first-order valence-electron chi connectivity index (χ1n) is 10.5. The second kappa shape index (κ2) is 10.8. The van der Waals surface area contributed by atoms with Gasteiger partial charge in [0.15, 0.2) is 16.7 Å². The lowest BCUT2D eigenvalue weighted by molar-refractivity contribution is -0.122. The van der Waals surface area contributed by atoms with Crippen LogP contribution >= 0.6 is 11.8 Å². The number of phenols is 1. The summed E-state index contributed by atoms with van der Waals surface area (Å²) in [6.07, 6.45) is 4.80. The van der Waals surface area contributed by atoms with Crippen molar-refractivity contribution >= 4 is 35.1 Å². The van der Waals surface area contributed by atoms with Crippen LogP contribution in [-0.2, 0) is 11.3 Å².